The van der Waals surface area contributed by atoms with Gasteiger partial charge in [0.15, 0.2) is 5.96 Å². The largest absolute Gasteiger partial charge is 0.508 e. The number of hydrogen-bond acceptors (Lipinski definition) is 15. The number of carboxylic acid groups (broad SMARTS) is 1. The number of H-pyrrole nitrogens is 1. The van der Waals surface area contributed by atoms with Crippen molar-refractivity contribution in [3.8, 4) is 11.5 Å². The zero-order valence-corrected chi connectivity index (χ0v) is 48.4. The van der Waals surface area contributed by atoms with Gasteiger partial charge in [-0.2, -0.15) is 0 Å². The Bertz CT molecular complexity index is 3000. The predicted octanol–water partition coefficient (Wildman–Crippen LogP) is -1.87. The Morgan fingerprint density at radius 2 is 1.10 bits per heavy atom. The number of likely N-dealkylation sites (tertiary alicyclic amines) is 1. The molecule has 1 aliphatic heterocycles. The van der Waals surface area contributed by atoms with Gasteiger partial charge in [-0.1, -0.05) is 82.3 Å². The summed E-state index contributed by atoms with van der Waals surface area (Å²) in [7, 11) is 0. The number of carbonyl (C=O) groups is 10. The van der Waals surface area contributed by atoms with Crippen LogP contribution in [0.5, 0.6) is 11.5 Å². The molecule has 4 aromatic rings. The quantitative estimate of drug-likeness (QED) is 0.0145. The van der Waals surface area contributed by atoms with Gasteiger partial charge < -0.3 is 85.4 Å². The average molecular weight is 1190 g/mol. The topological polar surface area (TPSA) is 464 Å². The first kappa shape index (κ1) is 67.2. The fraction of sp³-hybridized carbons (Fsp3) is 0.448. The van der Waals surface area contributed by atoms with Gasteiger partial charge in [0.2, 0.25) is 53.2 Å². The summed E-state index contributed by atoms with van der Waals surface area (Å²) in [6.07, 6.45) is 2.37. The van der Waals surface area contributed by atoms with E-state index in [1.165, 1.54) is 66.0 Å². The van der Waals surface area contributed by atoms with Crippen molar-refractivity contribution in [2.75, 3.05) is 13.1 Å². The molecule has 0 aliphatic carbocycles. The zero-order valence-electron chi connectivity index (χ0n) is 48.4. The van der Waals surface area contributed by atoms with Crippen LogP contribution in [0.1, 0.15) is 82.2 Å². The molecule has 5 rings (SSSR count). The third-order valence-corrected chi connectivity index (χ3v) is 14.2. The molecular formula is C58H79N15O13. The maximum atomic E-state index is 14.8. The highest BCUT2D eigenvalue weighted by Gasteiger charge is 2.41. The molecule has 1 fully saturated rings. The lowest BCUT2D eigenvalue weighted by Crippen LogP contribution is -2.62. The molecule has 0 radical (unpaired) electrons. The van der Waals surface area contributed by atoms with Crippen LogP contribution >= 0.6 is 0 Å². The van der Waals surface area contributed by atoms with E-state index in [4.69, 9.17) is 22.9 Å². The molecule has 0 bridgehead atoms. The third kappa shape index (κ3) is 20.9. The molecule has 0 spiro atoms. The van der Waals surface area contributed by atoms with Crippen LogP contribution in [0.2, 0.25) is 0 Å². The molecule has 9 amide bonds. The molecule has 1 aromatic heterocycles. The van der Waals surface area contributed by atoms with Crippen LogP contribution in [0.3, 0.4) is 0 Å². The van der Waals surface area contributed by atoms with Crippen molar-refractivity contribution in [1.82, 2.24) is 52.1 Å². The van der Waals surface area contributed by atoms with Gasteiger partial charge in [0.25, 0.3) is 0 Å². The van der Waals surface area contributed by atoms with Crippen molar-refractivity contribution < 1.29 is 63.3 Å². The molecule has 3 aromatic carbocycles. The monoisotopic (exact) mass is 1190 g/mol. The van der Waals surface area contributed by atoms with Gasteiger partial charge in [-0.05, 0) is 78.5 Å². The summed E-state index contributed by atoms with van der Waals surface area (Å²) in [6, 6.07) is 7.90. The van der Waals surface area contributed by atoms with Crippen LogP contribution in [0.15, 0.2) is 96.4 Å². The number of phenols is 2. The first-order valence-electron chi connectivity index (χ1n) is 28.1. The molecule has 28 heteroatoms. The molecule has 86 heavy (non-hydrogen) atoms. The number of rotatable bonds is 32. The molecule has 28 nitrogen and oxygen atoms in total. The van der Waals surface area contributed by atoms with Crippen molar-refractivity contribution in [2.24, 2.45) is 39.8 Å². The second-order valence-corrected chi connectivity index (χ2v) is 21.7. The highest BCUT2D eigenvalue weighted by molar-refractivity contribution is 5.99. The fourth-order valence-electron chi connectivity index (χ4n) is 9.52. The van der Waals surface area contributed by atoms with Gasteiger partial charge in [0, 0.05) is 50.7 Å². The minimum Gasteiger partial charge on any atom is -0.508 e. The first-order chi connectivity index (χ1) is 40.8. The summed E-state index contributed by atoms with van der Waals surface area (Å²) in [5.74, 6) is -10.5. The number of imidazole rings is 1. The number of guanidine groups is 1. The van der Waals surface area contributed by atoms with Crippen molar-refractivity contribution in [3.63, 3.8) is 0 Å². The highest BCUT2D eigenvalue weighted by atomic mass is 16.4. The van der Waals surface area contributed by atoms with E-state index in [2.05, 4.69) is 52.2 Å². The van der Waals surface area contributed by atoms with E-state index in [0.717, 1.165) is 0 Å². The minimum atomic E-state index is -1.51. The van der Waals surface area contributed by atoms with E-state index in [0.29, 0.717) is 28.8 Å². The Hall–Kier alpha value is -9.60. The molecule has 2 heterocycles. The van der Waals surface area contributed by atoms with Crippen LogP contribution < -0.4 is 60.2 Å². The Kier molecular flexibility index (Phi) is 25.4. The second kappa shape index (κ2) is 32.5. The number of nitrogens with two attached hydrogens (primary N) is 4. The average Bonchev–Trinajstić information content (AvgIpc) is 4.01. The van der Waals surface area contributed by atoms with E-state index in [-0.39, 0.29) is 75.5 Å². The standard InChI is InChI=1S/C58H79N15O13/c1-31(2)47(71-50(78)40(12-8-22-64-58(61)62)66-49(77)39(59)28-46(60)76)54(82)68-41(24-34-14-18-37(74)19-15-34)51(79)67-42(25-35-16-20-38(75)21-17-35)52(80)72-48(32(3)4)55(83)69-43(27-36-29-63-30-65-36)56(84)73-23-9-13-45(73)53(81)70-44(57(85)86)26-33-10-6-5-7-11-33/h5-7,10-11,14-21,29-32,39-45,47-48,74-75H,8-9,12-13,22-28,59H2,1-4H3,(H2,60,76)(H,63,65)(H,66,77)(H,67,79)(H,68,82)(H,69,83)(H,70,81)(H,71,78)(H,72,80)(H,85,86)(H4,61,62,64)/t39-,40-,41-,42-,43-,44-,45-,47-,48-/m0/s1. The van der Waals surface area contributed by atoms with Crippen LogP contribution in [-0.4, -0.2) is 163 Å². The summed E-state index contributed by atoms with van der Waals surface area (Å²) in [5.41, 5.74) is 24.0. The predicted molar refractivity (Wildman–Crippen MR) is 313 cm³/mol. The number of amides is 9. The fourth-order valence-corrected chi connectivity index (χ4v) is 9.52. The third-order valence-electron chi connectivity index (χ3n) is 14.2. The van der Waals surface area contributed by atoms with Crippen molar-refractivity contribution in [2.45, 2.75) is 140 Å². The van der Waals surface area contributed by atoms with Gasteiger partial charge in [0.1, 0.15) is 59.8 Å². The van der Waals surface area contributed by atoms with Crippen molar-refractivity contribution in [3.05, 3.63) is 114 Å². The van der Waals surface area contributed by atoms with Gasteiger partial charge in [-0.3, -0.25) is 48.1 Å². The summed E-state index contributed by atoms with van der Waals surface area (Å²) >= 11 is 0. The molecule has 19 N–H and O–H groups in total. The maximum Gasteiger partial charge on any atom is 0.326 e. The smallest absolute Gasteiger partial charge is 0.326 e. The minimum absolute atomic E-state index is 0.0176. The number of hydrogen-bond donors (Lipinski definition) is 15. The highest BCUT2D eigenvalue weighted by Crippen LogP contribution is 2.22. The van der Waals surface area contributed by atoms with Crippen LogP contribution in [0, 0.1) is 11.8 Å². The van der Waals surface area contributed by atoms with Gasteiger partial charge in [0.05, 0.1) is 18.8 Å². The molecule has 0 saturated carbocycles. The summed E-state index contributed by atoms with van der Waals surface area (Å²) in [5, 5.41) is 48.9. The number of aliphatic carboxylic acids is 1. The Morgan fingerprint density at radius 3 is 1.60 bits per heavy atom. The molecule has 1 saturated heterocycles. The number of phenolic OH excluding ortho intramolecular Hbond substituents is 2. The SMILES string of the molecule is CC(C)[C@H](NC(=O)[C@H](CCCN=C(N)N)NC(=O)[C@@H](N)CC(N)=O)C(=O)N[C@@H](Cc1ccc(O)cc1)C(=O)N[C@@H](Cc1ccc(O)cc1)C(=O)N[C@H](C(=O)N[C@@H](Cc1cnc[nH]1)C(=O)N1CCC[C@H]1C(=O)N[C@@H](Cc1ccccc1)C(=O)O)C(C)C. The number of aliphatic imine (C=N–C) groups is 1. The maximum absolute atomic E-state index is 14.8. The van der Waals surface area contributed by atoms with Crippen LogP contribution in [0.25, 0.3) is 0 Å². The number of nitrogens with zero attached hydrogens (tertiary/aromatic N) is 3. The number of aromatic nitrogens is 2. The van der Waals surface area contributed by atoms with Crippen molar-refractivity contribution >= 4 is 65.1 Å². The van der Waals surface area contributed by atoms with Gasteiger partial charge in [-0.15, -0.1) is 0 Å². The number of aromatic amines is 1. The Balaban J connectivity index is 1.40. The van der Waals surface area contributed by atoms with Crippen LogP contribution in [0.4, 0.5) is 0 Å². The van der Waals surface area contributed by atoms with E-state index in [9.17, 15) is 63.3 Å². The van der Waals surface area contributed by atoms with E-state index < -0.39 is 132 Å². The molecule has 0 unspecified atom stereocenters. The Morgan fingerprint density at radius 1 is 0.616 bits per heavy atom. The number of aromatic hydroxyl groups is 2. The summed E-state index contributed by atoms with van der Waals surface area (Å²) in [4.78, 5) is 150. The lowest BCUT2D eigenvalue weighted by Gasteiger charge is -2.31. The van der Waals surface area contributed by atoms with Gasteiger partial charge >= 0.3 is 5.97 Å². The lowest BCUT2D eigenvalue weighted by atomic mass is 9.98. The summed E-state index contributed by atoms with van der Waals surface area (Å²) in [6.45, 7) is 6.64. The Labute approximate surface area is 496 Å². The molecule has 9 atom stereocenters. The number of carboxylic acids is 1. The van der Waals surface area contributed by atoms with E-state index >= 15 is 0 Å². The zero-order chi connectivity index (χ0) is 63.2. The second-order valence-electron chi connectivity index (χ2n) is 21.7. The number of primary amides is 1. The molecular weight excluding hydrogens is 1110 g/mol. The first-order valence-corrected chi connectivity index (χ1v) is 28.1. The van der Waals surface area contributed by atoms with Gasteiger partial charge in [-0.25, -0.2) is 9.78 Å². The normalized spacial score (nSPS) is 15.7. The van der Waals surface area contributed by atoms with E-state index in [1.54, 1.807) is 58.0 Å². The molecule has 1 aliphatic rings. The lowest BCUT2D eigenvalue weighted by molar-refractivity contribution is -0.145. The number of benzene rings is 3. The van der Waals surface area contributed by atoms with Crippen LogP contribution in [-0.2, 0) is 73.6 Å². The van der Waals surface area contributed by atoms with E-state index in [1.807, 2.05) is 0 Å². The number of nitrogens with one attached hydrogen (secondary N) is 8. The molecule has 464 valence electrons. The number of carbonyl (C=O) groups excluding carboxylic acids is 9. The summed E-state index contributed by atoms with van der Waals surface area (Å²) < 4.78 is 0. The van der Waals surface area contributed by atoms with Crippen molar-refractivity contribution in [1.29, 1.82) is 0 Å².